The fraction of sp³-hybridized carbons (Fsp3) is 0.214. The third kappa shape index (κ3) is 2.24. The molecule has 15 heavy (non-hydrogen) atoms. The highest BCUT2D eigenvalue weighted by molar-refractivity contribution is 5.99. The van der Waals surface area contributed by atoms with Crippen molar-refractivity contribution in [2.75, 3.05) is 0 Å². The van der Waals surface area contributed by atoms with Crippen molar-refractivity contribution in [1.29, 1.82) is 0 Å². The number of hydrogen-bond donors (Lipinski definition) is 0. The first kappa shape index (κ1) is 9.91. The van der Waals surface area contributed by atoms with Gasteiger partial charge in [-0.25, -0.2) is 0 Å². The Hall–Kier alpha value is -1.63. The average molecular weight is 198 g/mol. The number of ketones is 1. The van der Waals surface area contributed by atoms with Gasteiger partial charge in [0.1, 0.15) is 0 Å². The fourth-order valence-corrected chi connectivity index (χ4v) is 1.84. The van der Waals surface area contributed by atoms with Gasteiger partial charge >= 0.3 is 0 Å². The first-order valence-electron chi connectivity index (χ1n) is 5.21. The highest BCUT2D eigenvalue weighted by atomic mass is 16.1. The van der Waals surface area contributed by atoms with Crippen LogP contribution in [0, 0.1) is 5.92 Å². The molecule has 2 rings (SSSR count). The van der Waals surface area contributed by atoms with Gasteiger partial charge in [-0.1, -0.05) is 54.1 Å². The molecule has 1 unspecified atom stereocenters. The maximum atomic E-state index is 12.1. The number of carbonyl (C=O) groups is 1. The zero-order chi connectivity index (χ0) is 10.7. The van der Waals surface area contributed by atoms with Crippen LogP contribution in [0.1, 0.15) is 23.7 Å². The SMILES string of the molecule is CC1=CC(C(=O)c2ccccc2)CC=C1. The van der Waals surface area contributed by atoms with Crippen molar-refractivity contribution in [2.24, 2.45) is 5.92 Å². The maximum Gasteiger partial charge on any atom is 0.170 e. The quantitative estimate of drug-likeness (QED) is 0.666. The van der Waals surface area contributed by atoms with Crippen molar-refractivity contribution in [2.45, 2.75) is 13.3 Å². The van der Waals surface area contributed by atoms with Crippen LogP contribution in [-0.2, 0) is 0 Å². The maximum absolute atomic E-state index is 12.1. The molecule has 76 valence electrons. The van der Waals surface area contributed by atoms with Crippen molar-refractivity contribution in [3.05, 3.63) is 59.7 Å². The van der Waals surface area contributed by atoms with Gasteiger partial charge in [-0.15, -0.1) is 0 Å². The molecule has 1 nitrogen and oxygen atoms in total. The summed E-state index contributed by atoms with van der Waals surface area (Å²) in [6.45, 7) is 2.03. The number of Topliss-reactive ketones (excluding diaryl/α,β-unsaturated/α-hetero) is 1. The Balaban J connectivity index is 2.20. The van der Waals surface area contributed by atoms with Crippen LogP contribution in [0.25, 0.3) is 0 Å². The predicted octanol–water partition coefficient (Wildman–Crippen LogP) is 3.39. The van der Waals surface area contributed by atoms with Crippen molar-refractivity contribution >= 4 is 5.78 Å². The summed E-state index contributed by atoms with van der Waals surface area (Å²) < 4.78 is 0. The molecule has 1 atom stereocenters. The minimum atomic E-state index is 0.0254. The third-order valence-electron chi connectivity index (χ3n) is 2.63. The van der Waals surface area contributed by atoms with E-state index in [2.05, 4.69) is 18.2 Å². The van der Waals surface area contributed by atoms with E-state index in [1.807, 2.05) is 37.3 Å². The van der Waals surface area contributed by atoms with Crippen LogP contribution in [0.2, 0.25) is 0 Å². The molecule has 0 aromatic heterocycles. The van der Waals surface area contributed by atoms with E-state index in [9.17, 15) is 4.79 Å². The zero-order valence-corrected chi connectivity index (χ0v) is 8.81. The van der Waals surface area contributed by atoms with E-state index in [1.165, 1.54) is 5.57 Å². The fourth-order valence-electron chi connectivity index (χ4n) is 1.84. The molecule has 1 aromatic rings. The Morgan fingerprint density at radius 3 is 2.67 bits per heavy atom. The summed E-state index contributed by atoms with van der Waals surface area (Å²) in [6.07, 6.45) is 7.01. The molecule has 0 saturated carbocycles. The van der Waals surface area contributed by atoms with Crippen molar-refractivity contribution in [3.63, 3.8) is 0 Å². The van der Waals surface area contributed by atoms with E-state index in [-0.39, 0.29) is 11.7 Å². The summed E-state index contributed by atoms with van der Waals surface area (Å²) >= 11 is 0. The summed E-state index contributed by atoms with van der Waals surface area (Å²) in [5.74, 6) is 0.247. The molecular formula is C14H14O. The van der Waals surface area contributed by atoms with Crippen LogP contribution in [0.5, 0.6) is 0 Å². The monoisotopic (exact) mass is 198 g/mol. The molecule has 1 aromatic carbocycles. The average Bonchev–Trinajstić information content (AvgIpc) is 2.29. The van der Waals surface area contributed by atoms with E-state index in [0.717, 1.165) is 12.0 Å². The minimum Gasteiger partial charge on any atom is -0.294 e. The normalized spacial score (nSPS) is 19.8. The molecule has 0 radical (unpaired) electrons. The van der Waals surface area contributed by atoms with Gasteiger partial charge in [0.25, 0.3) is 0 Å². The van der Waals surface area contributed by atoms with Gasteiger partial charge in [0, 0.05) is 11.5 Å². The minimum absolute atomic E-state index is 0.0254. The molecule has 1 heteroatoms. The molecule has 0 aliphatic heterocycles. The summed E-state index contributed by atoms with van der Waals surface area (Å²) in [4.78, 5) is 12.1. The Morgan fingerprint density at radius 2 is 2.00 bits per heavy atom. The number of carbonyl (C=O) groups excluding carboxylic acids is 1. The lowest BCUT2D eigenvalue weighted by molar-refractivity contribution is 0.0945. The molecule has 0 saturated heterocycles. The molecule has 0 N–H and O–H groups in total. The van der Waals surface area contributed by atoms with Crippen LogP contribution >= 0.6 is 0 Å². The van der Waals surface area contributed by atoms with Crippen LogP contribution in [0.4, 0.5) is 0 Å². The summed E-state index contributed by atoms with van der Waals surface area (Å²) in [5.41, 5.74) is 1.98. The van der Waals surface area contributed by atoms with Crippen molar-refractivity contribution < 1.29 is 4.79 Å². The number of allylic oxidation sites excluding steroid dienone is 4. The third-order valence-corrected chi connectivity index (χ3v) is 2.63. The van der Waals surface area contributed by atoms with Gasteiger partial charge in [-0.2, -0.15) is 0 Å². The van der Waals surface area contributed by atoms with Crippen LogP contribution < -0.4 is 0 Å². The van der Waals surface area contributed by atoms with Crippen LogP contribution in [-0.4, -0.2) is 5.78 Å². The van der Waals surface area contributed by atoms with Crippen LogP contribution in [0.15, 0.2) is 54.1 Å². The van der Waals surface area contributed by atoms with Gasteiger partial charge < -0.3 is 0 Å². The van der Waals surface area contributed by atoms with Crippen LogP contribution in [0.3, 0.4) is 0 Å². The lowest BCUT2D eigenvalue weighted by atomic mass is 9.89. The molecular weight excluding hydrogens is 184 g/mol. The molecule has 0 heterocycles. The Bertz CT molecular complexity index is 412. The molecule has 0 spiro atoms. The van der Waals surface area contributed by atoms with Gasteiger partial charge in [0.2, 0.25) is 0 Å². The summed E-state index contributed by atoms with van der Waals surface area (Å²) in [5, 5.41) is 0. The summed E-state index contributed by atoms with van der Waals surface area (Å²) in [7, 11) is 0. The highest BCUT2D eigenvalue weighted by Gasteiger charge is 2.17. The number of hydrogen-bond acceptors (Lipinski definition) is 1. The molecule has 0 amide bonds. The van der Waals surface area contributed by atoms with E-state index in [0.29, 0.717) is 0 Å². The first-order valence-corrected chi connectivity index (χ1v) is 5.21. The van der Waals surface area contributed by atoms with E-state index in [1.54, 1.807) is 0 Å². The highest BCUT2D eigenvalue weighted by Crippen LogP contribution is 2.20. The zero-order valence-electron chi connectivity index (χ0n) is 8.81. The van der Waals surface area contributed by atoms with E-state index >= 15 is 0 Å². The van der Waals surface area contributed by atoms with Crippen molar-refractivity contribution in [3.8, 4) is 0 Å². The first-order chi connectivity index (χ1) is 7.27. The van der Waals surface area contributed by atoms with Crippen molar-refractivity contribution in [1.82, 2.24) is 0 Å². The molecule has 0 fully saturated rings. The van der Waals surface area contributed by atoms with Gasteiger partial charge in [-0.3, -0.25) is 4.79 Å². The molecule has 1 aliphatic carbocycles. The van der Waals surface area contributed by atoms with Gasteiger partial charge in [0.05, 0.1) is 0 Å². The second-order valence-electron chi connectivity index (χ2n) is 3.89. The second kappa shape index (κ2) is 4.26. The molecule has 1 aliphatic rings. The largest absolute Gasteiger partial charge is 0.294 e. The van der Waals surface area contributed by atoms with Gasteiger partial charge in [0.15, 0.2) is 5.78 Å². The lowest BCUT2D eigenvalue weighted by Crippen LogP contribution is -2.13. The Kier molecular flexibility index (Phi) is 2.82. The standard InChI is InChI=1S/C14H14O/c1-11-6-5-9-13(10-11)14(15)12-7-3-2-4-8-12/h2-8,10,13H,9H2,1H3. The number of rotatable bonds is 2. The molecule has 0 bridgehead atoms. The van der Waals surface area contributed by atoms with E-state index in [4.69, 9.17) is 0 Å². The Morgan fingerprint density at radius 1 is 1.27 bits per heavy atom. The topological polar surface area (TPSA) is 17.1 Å². The van der Waals surface area contributed by atoms with E-state index < -0.39 is 0 Å². The smallest absolute Gasteiger partial charge is 0.170 e. The van der Waals surface area contributed by atoms with Gasteiger partial charge in [-0.05, 0) is 13.3 Å². The lowest BCUT2D eigenvalue weighted by Gasteiger charge is -2.13. The second-order valence-corrected chi connectivity index (χ2v) is 3.89. The number of benzene rings is 1. The predicted molar refractivity (Wildman–Crippen MR) is 61.8 cm³/mol. The Labute approximate surface area is 90.1 Å². The summed E-state index contributed by atoms with van der Waals surface area (Å²) in [6, 6.07) is 9.50.